The summed E-state index contributed by atoms with van der Waals surface area (Å²) in [6.45, 7) is 8.88. The SMILES string of the molecule is CCNc1nc(-c2cc(C)cc(F)c2)nc(C(C)C)c1I. The molecule has 0 aliphatic heterocycles. The number of hydrogen-bond acceptors (Lipinski definition) is 3. The van der Waals surface area contributed by atoms with Gasteiger partial charge in [-0.25, -0.2) is 14.4 Å². The van der Waals surface area contributed by atoms with Crippen molar-refractivity contribution >= 4 is 28.4 Å². The zero-order valence-electron chi connectivity index (χ0n) is 12.7. The van der Waals surface area contributed by atoms with Gasteiger partial charge in [-0.3, -0.25) is 0 Å². The monoisotopic (exact) mass is 399 g/mol. The van der Waals surface area contributed by atoms with Crippen molar-refractivity contribution in [1.82, 2.24) is 9.97 Å². The predicted molar refractivity (Wildman–Crippen MR) is 93.1 cm³/mol. The first-order valence-electron chi connectivity index (χ1n) is 7.01. The molecular weight excluding hydrogens is 380 g/mol. The lowest BCUT2D eigenvalue weighted by atomic mass is 10.1. The van der Waals surface area contributed by atoms with Crippen molar-refractivity contribution in [3.05, 3.63) is 38.8 Å². The minimum absolute atomic E-state index is 0.261. The second kappa shape index (κ2) is 6.68. The standard InChI is InChI=1S/C16H19FIN3/c1-5-19-16-13(18)14(9(2)3)20-15(21-16)11-6-10(4)7-12(17)8-11/h6-9H,5H2,1-4H3,(H,19,20,21). The molecule has 0 amide bonds. The van der Waals surface area contributed by atoms with Crippen LogP contribution in [0.2, 0.25) is 0 Å². The van der Waals surface area contributed by atoms with Crippen LogP contribution >= 0.6 is 22.6 Å². The molecule has 1 N–H and O–H groups in total. The average Bonchev–Trinajstić information content (AvgIpc) is 2.39. The van der Waals surface area contributed by atoms with Crippen molar-refractivity contribution in [3.8, 4) is 11.4 Å². The quantitative estimate of drug-likeness (QED) is 0.755. The number of aryl methyl sites for hydroxylation is 1. The summed E-state index contributed by atoms with van der Waals surface area (Å²) < 4.78 is 14.7. The van der Waals surface area contributed by atoms with Gasteiger partial charge in [-0.2, -0.15) is 0 Å². The minimum atomic E-state index is -0.261. The third-order valence-electron chi connectivity index (χ3n) is 3.07. The minimum Gasteiger partial charge on any atom is -0.369 e. The second-order valence-electron chi connectivity index (χ2n) is 5.30. The lowest BCUT2D eigenvalue weighted by molar-refractivity contribution is 0.627. The van der Waals surface area contributed by atoms with E-state index >= 15 is 0 Å². The number of benzene rings is 1. The molecule has 21 heavy (non-hydrogen) atoms. The van der Waals surface area contributed by atoms with Crippen LogP contribution in [0.15, 0.2) is 18.2 Å². The third-order valence-corrected chi connectivity index (χ3v) is 4.13. The maximum Gasteiger partial charge on any atom is 0.161 e. The van der Waals surface area contributed by atoms with Crippen LogP contribution < -0.4 is 5.32 Å². The van der Waals surface area contributed by atoms with Gasteiger partial charge in [-0.1, -0.05) is 13.8 Å². The first-order chi connectivity index (χ1) is 9.92. The van der Waals surface area contributed by atoms with E-state index in [0.717, 1.165) is 27.2 Å². The Labute approximate surface area is 138 Å². The fraction of sp³-hybridized carbons (Fsp3) is 0.375. The molecule has 0 aliphatic carbocycles. The van der Waals surface area contributed by atoms with E-state index in [-0.39, 0.29) is 11.7 Å². The van der Waals surface area contributed by atoms with Crippen LogP contribution in [-0.4, -0.2) is 16.5 Å². The zero-order valence-corrected chi connectivity index (χ0v) is 14.8. The summed E-state index contributed by atoms with van der Waals surface area (Å²) in [5.74, 6) is 1.40. The van der Waals surface area contributed by atoms with E-state index < -0.39 is 0 Å². The van der Waals surface area contributed by atoms with Gasteiger partial charge in [0, 0.05) is 12.1 Å². The Kier molecular flexibility index (Phi) is 5.13. The predicted octanol–water partition coefficient (Wildman–Crippen LogP) is 4.75. The molecular formula is C16H19FIN3. The van der Waals surface area contributed by atoms with Gasteiger partial charge >= 0.3 is 0 Å². The largest absolute Gasteiger partial charge is 0.369 e. The Hall–Kier alpha value is -1.24. The molecule has 0 saturated heterocycles. The molecule has 1 aromatic carbocycles. The molecule has 0 saturated carbocycles. The van der Waals surface area contributed by atoms with Crippen molar-refractivity contribution in [2.24, 2.45) is 0 Å². The van der Waals surface area contributed by atoms with Gasteiger partial charge in [-0.15, -0.1) is 0 Å². The Morgan fingerprint density at radius 3 is 2.52 bits per heavy atom. The first-order valence-corrected chi connectivity index (χ1v) is 8.09. The van der Waals surface area contributed by atoms with E-state index in [0.29, 0.717) is 11.4 Å². The average molecular weight is 399 g/mol. The van der Waals surface area contributed by atoms with Crippen LogP contribution in [0.5, 0.6) is 0 Å². The molecule has 0 unspecified atom stereocenters. The number of halogens is 2. The summed E-state index contributed by atoms with van der Waals surface area (Å²) in [5.41, 5.74) is 2.56. The number of rotatable bonds is 4. The van der Waals surface area contributed by atoms with E-state index in [1.165, 1.54) is 12.1 Å². The summed E-state index contributed by atoms with van der Waals surface area (Å²) in [6.07, 6.45) is 0. The normalized spacial score (nSPS) is 11.0. The molecule has 0 bridgehead atoms. The highest BCUT2D eigenvalue weighted by Gasteiger charge is 2.16. The van der Waals surface area contributed by atoms with Gasteiger partial charge < -0.3 is 5.32 Å². The number of nitrogens with zero attached hydrogens (tertiary/aromatic N) is 2. The molecule has 2 rings (SSSR count). The number of hydrogen-bond donors (Lipinski definition) is 1. The Morgan fingerprint density at radius 1 is 1.24 bits per heavy atom. The van der Waals surface area contributed by atoms with Crippen molar-refractivity contribution in [2.75, 3.05) is 11.9 Å². The maximum atomic E-state index is 13.6. The Bertz CT molecular complexity index is 636. The summed E-state index contributed by atoms with van der Waals surface area (Å²) >= 11 is 2.27. The highest BCUT2D eigenvalue weighted by atomic mass is 127. The summed E-state index contributed by atoms with van der Waals surface area (Å²) in [7, 11) is 0. The van der Waals surface area contributed by atoms with Crippen molar-refractivity contribution in [2.45, 2.75) is 33.6 Å². The Balaban J connectivity index is 2.62. The van der Waals surface area contributed by atoms with Crippen molar-refractivity contribution in [3.63, 3.8) is 0 Å². The Morgan fingerprint density at radius 2 is 1.95 bits per heavy atom. The lowest BCUT2D eigenvalue weighted by Gasteiger charge is -2.14. The van der Waals surface area contributed by atoms with Gasteiger partial charge in [0.25, 0.3) is 0 Å². The van der Waals surface area contributed by atoms with Crippen LogP contribution in [-0.2, 0) is 0 Å². The lowest BCUT2D eigenvalue weighted by Crippen LogP contribution is -2.09. The van der Waals surface area contributed by atoms with Crippen molar-refractivity contribution in [1.29, 1.82) is 0 Å². The molecule has 0 fully saturated rings. The number of aromatic nitrogens is 2. The fourth-order valence-corrected chi connectivity index (χ4v) is 3.18. The fourth-order valence-electron chi connectivity index (χ4n) is 2.13. The van der Waals surface area contributed by atoms with Gasteiger partial charge in [0.2, 0.25) is 0 Å². The van der Waals surface area contributed by atoms with Crippen LogP contribution in [0, 0.1) is 16.3 Å². The molecule has 0 radical (unpaired) electrons. The molecule has 1 aromatic heterocycles. The van der Waals surface area contributed by atoms with Gasteiger partial charge in [0.05, 0.1) is 9.26 Å². The molecule has 3 nitrogen and oxygen atoms in total. The van der Waals surface area contributed by atoms with E-state index in [1.807, 2.05) is 19.9 Å². The first kappa shape index (κ1) is 16.1. The molecule has 0 atom stereocenters. The molecule has 112 valence electrons. The summed E-state index contributed by atoms with van der Waals surface area (Å²) in [5, 5.41) is 3.26. The van der Waals surface area contributed by atoms with Gasteiger partial charge in [-0.05, 0) is 66.1 Å². The van der Waals surface area contributed by atoms with E-state index in [4.69, 9.17) is 0 Å². The summed E-state index contributed by atoms with van der Waals surface area (Å²) in [4.78, 5) is 9.20. The van der Waals surface area contributed by atoms with E-state index in [9.17, 15) is 4.39 Å². The molecule has 0 aliphatic rings. The molecule has 1 heterocycles. The second-order valence-corrected chi connectivity index (χ2v) is 6.38. The van der Waals surface area contributed by atoms with Gasteiger partial charge in [0.1, 0.15) is 11.6 Å². The molecule has 2 aromatic rings. The highest BCUT2D eigenvalue weighted by Crippen LogP contribution is 2.28. The van der Waals surface area contributed by atoms with Crippen molar-refractivity contribution < 1.29 is 4.39 Å². The molecule has 0 spiro atoms. The third kappa shape index (κ3) is 3.70. The smallest absolute Gasteiger partial charge is 0.161 e. The van der Waals surface area contributed by atoms with Crippen LogP contribution in [0.3, 0.4) is 0 Å². The van der Waals surface area contributed by atoms with E-state index in [1.54, 1.807) is 0 Å². The highest BCUT2D eigenvalue weighted by molar-refractivity contribution is 14.1. The van der Waals surface area contributed by atoms with Crippen LogP contribution in [0.1, 0.15) is 37.9 Å². The number of nitrogens with one attached hydrogen (secondary N) is 1. The van der Waals surface area contributed by atoms with E-state index in [2.05, 4.69) is 51.7 Å². The number of anilines is 1. The van der Waals surface area contributed by atoms with Crippen LogP contribution in [0.4, 0.5) is 10.2 Å². The zero-order chi connectivity index (χ0) is 15.6. The van der Waals surface area contributed by atoms with Gasteiger partial charge in [0.15, 0.2) is 5.82 Å². The topological polar surface area (TPSA) is 37.8 Å². The summed E-state index contributed by atoms with van der Waals surface area (Å²) in [6, 6.07) is 4.89. The molecule has 5 heteroatoms. The maximum absolute atomic E-state index is 13.6. The van der Waals surface area contributed by atoms with Crippen LogP contribution in [0.25, 0.3) is 11.4 Å².